The third-order valence-electron chi connectivity index (χ3n) is 5.42. The van der Waals surface area contributed by atoms with Crippen LogP contribution in [-0.4, -0.2) is 47.2 Å². The first-order valence-electron chi connectivity index (χ1n) is 10.6. The number of ether oxygens (including phenoxy) is 1. The molecule has 1 heterocycles. The summed E-state index contributed by atoms with van der Waals surface area (Å²) in [6.07, 6.45) is 0. The zero-order valence-electron chi connectivity index (χ0n) is 18.9. The third kappa shape index (κ3) is 5.70. The number of carbonyl (C=O) groups is 4. The van der Waals surface area contributed by atoms with Crippen molar-refractivity contribution in [2.45, 2.75) is 19.8 Å². The quantitative estimate of drug-likeness (QED) is 0.320. The molecule has 0 spiro atoms. The van der Waals surface area contributed by atoms with Crippen molar-refractivity contribution in [1.82, 2.24) is 10.6 Å². The standard InChI is InChI=1S/C25H23ClN2O7/c1-13-19(24(32)33)21(15-6-5-7-16(26)12-15)20(14(2)28-13)25(34)35-11-10-27-22(29)17-8-3-4-9-18(17)23(30)31/h3-9,12,21,28H,10-11H2,1-2H3,(H,27,29)(H,30,31)(H,32,33)/t21-/m1/s1. The number of aromatic carboxylic acids is 1. The number of esters is 1. The molecule has 182 valence electrons. The molecule has 0 saturated heterocycles. The van der Waals surface area contributed by atoms with E-state index < -0.39 is 29.7 Å². The van der Waals surface area contributed by atoms with E-state index >= 15 is 0 Å². The van der Waals surface area contributed by atoms with Crippen molar-refractivity contribution < 1.29 is 34.1 Å². The molecule has 0 aliphatic carbocycles. The lowest BCUT2D eigenvalue weighted by Gasteiger charge is -2.29. The molecule has 9 nitrogen and oxygen atoms in total. The first-order chi connectivity index (χ1) is 16.6. The number of rotatable bonds is 8. The van der Waals surface area contributed by atoms with Crippen LogP contribution in [0.4, 0.5) is 0 Å². The molecule has 1 atom stereocenters. The van der Waals surface area contributed by atoms with Crippen molar-refractivity contribution in [3.8, 4) is 0 Å². The third-order valence-corrected chi connectivity index (χ3v) is 5.65. The minimum Gasteiger partial charge on any atom is -0.478 e. The molecule has 1 aliphatic rings. The molecule has 3 rings (SSSR count). The fourth-order valence-corrected chi connectivity index (χ4v) is 4.12. The molecule has 2 aromatic carbocycles. The van der Waals surface area contributed by atoms with Gasteiger partial charge in [-0.3, -0.25) is 4.79 Å². The van der Waals surface area contributed by atoms with Crippen LogP contribution in [0.1, 0.15) is 46.0 Å². The van der Waals surface area contributed by atoms with Gasteiger partial charge in [-0.25, -0.2) is 14.4 Å². The largest absolute Gasteiger partial charge is 0.478 e. The molecule has 0 unspecified atom stereocenters. The Balaban J connectivity index is 1.75. The summed E-state index contributed by atoms with van der Waals surface area (Å²) in [5.74, 6) is -4.73. The number of dihydropyridines is 1. The Kier molecular flexibility index (Phi) is 7.93. The minimum absolute atomic E-state index is 0.0107. The van der Waals surface area contributed by atoms with Crippen LogP contribution in [0.5, 0.6) is 0 Å². The first kappa shape index (κ1) is 25.5. The summed E-state index contributed by atoms with van der Waals surface area (Å²) in [4.78, 5) is 48.8. The Morgan fingerprint density at radius 2 is 1.60 bits per heavy atom. The average Bonchev–Trinajstić information content (AvgIpc) is 2.80. The number of hydrogen-bond acceptors (Lipinski definition) is 6. The van der Waals surface area contributed by atoms with Gasteiger partial charge in [-0.05, 0) is 43.7 Å². The lowest BCUT2D eigenvalue weighted by Crippen LogP contribution is -2.33. The zero-order chi connectivity index (χ0) is 25.7. The maximum Gasteiger partial charge on any atom is 0.336 e. The summed E-state index contributed by atoms with van der Waals surface area (Å²) >= 11 is 6.12. The molecule has 0 radical (unpaired) electrons. The van der Waals surface area contributed by atoms with Crippen molar-refractivity contribution in [2.75, 3.05) is 13.2 Å². The van der Waals surface area contributed by atoms with Crippen LogP contribution in [0.25, 0.3) is 0 Å². The summed E-state index contributed by atoms with van der Waals surface area (Å²) in [5.41, 5.74) is 1.27. The fraction of sp³-hybridized carbons (Fsp3) is 0.200. The normalized spacial score (nSPS) is 15.3. The van der Waals surface area contributed by atoms with E-state index in [-0.39, 0.29) is 35.4 Å². The number of carboxylic acid groups (broad SMARTS) is 2. The number of aliphatic carboxylic acids is 1. The molecule has 0 fully saturated rings. The van der Waals surface area contributed by atoms with Crippen molar-refractivity contribution in [3.63, 3.8) is 0 Å². The van der Waals surface area contributed by atoms with Crippen LogP contribution in [0, 0.1) is 0 Å². The Bertz CT molecular complexity index is 1270. The highest BCUT2D eigenvalue weighted by atomic mass is 35.5. The van der Waals surface area contributed by atoms with Gasteiger partial charge < -0.3 is 25.6 Å². The lowest BCUT2D eigenvalue weighted by atomic mass is 9.80. The number of allylic oxidation sites excluding steroid dienone is 2. The maximum absolute atomic E-state index is 13.1. The molecule has 0 bridgehead atoms. The summed E-state index contributed by atoms with van der Waals surface area (Å²) < 4.78 is 5.34. The molecule has 4 N–H and O–H groups in total. The minimum atomic E-state index is -1.24. The Hall–Kier alpha value is -4.11. The van der Waals surface area contributed by atoms with Crippen molar-refractivity contribution in [3.05, 3.63) is 92.8 Å². The monoisotopic (exact) mass is 498 g/mol. The smallest absolute Gasteiger partial charge is 0.336 e. The van der Waals surface area contributed by atoms with Crippen LogP contribution < -0.4 is 10.6 Å². The zero-order valence-corrected chi connectivity index (χ0v) is 19.7. The van der Waals surface area contributed by atoms with E-state index in [0.29, 0.717) is 22.0 Å². The predicted molar refractivity (Wildman–Crippen MR) is 127 cm³/mol. The van der Waals surface area contributed by atoms with Gasteiger partial charge in [0, 0.05) is 16.4 Å². The summed E-state index contributed by atoms with van der Waals surface area (Å²) in [7, 11) is 0. The van der Waals surface area contributed by atoms with Gasteiger partial charge in [0.25, 0.3) is 5.91 Å². The second-order valence-corrected chi connectivity index (χ2v) is 8.17. The molecule has 1 amide bonds. The second kappa shape index (κ2) is 10.9. The second-order valence-electron chi connectivity index (χ2n) is 7.74. The average molecular weight is 499 g/mol. The number of benzene rings is 2. The van der Waals surface area contributed by atoms with Crippen LogP contribution in [0.2, 0.25) is 5.02 Å². The van der Waals surface area contributed by atoms with E-state index in [1.807, 2.05) is 0 Å². The molecule has 1 aliphatic heterocycles. The highest BCUT2D eigenvalue weighted by Crippen LogP contribution is 2.39. The molecule has 0 aromatic heterocycles. The van der Waals surface area contributed by atoms with E-state index in [1.165, 1.54) is 24.3 Å². The predicted octanol–water partition coefficient (Wildman–Crippen LogP) is 3.33. The summed E-state index contributed by atoms with van der Waals surface area (Å²) in [5, 5.41) is 24.9. The van der Waals surface area contributed by atoms with Gasteiger partial charge in [-0.15, -0.1) is 0 Å². The Morgan fingerprint density at radius 3 is 2.23 bits per heavy atom. The number of carbonyl (C=O) groups excluding carboxylic acids is 2. The van der Waals surface area contributed by atoms with Crippen molar-refractivity contribution >= 4 is 35.4 Å². The van der Waals surface area contributed by atoms with Gasteiger partial charge in [-0.2, -0.15) is 0 Å². The van der Waals surface area contributed by atoms with E-state index in [2.05, 4.69) is 10.6 Å². The van der Waals surface area contributed by atoms with E-state index in [4.69, 9.17) is 16.3 Å². The van der Waals surface area contributed by atoms with Gasteiger partial charge in [-0.1, -0.05) is 35.9 Å². The van der Waals surface area contributed by atoms with Crippen molar-refractivity contribution in [2.24, 2.45) is 0 Å². The van der Waals surface area contributed by atoms with Gasteiger partial charge in [0.2, 0.25) is 0 Å². The number of hydrogen-bond donors (Lipinski definition) is 4. The Labute approximate surface area is 206 Å². The molecule has 35 heavy (non-hydrogen) atoms. The number of amides is 1. The summed E-state index contributed by atoms with van der Waals surface area (Å²) in [6.45, 7) is 2.95. The maximum atomic E-state index is 13.1. The number of carboxylic acids is 2. The van der Waals surface area contributed by atoms with Crippen LogP contribution in [0.15, 0.2) is 71.1 Å². The van der Waals surface area contributed by atoms with Crippen LogP contribution in [-0.2, 0) is 14.3 Å². The van der Waals surface area contributed by atoms with E-state index in [9.17, 15) is 29.4 Å². The van der Waals surface area contributed by atoms with E-state index in [1.54, 1.807) is 38.1 Å². The molecule has 0 saturated carbocycles. The molecular formula is C25H23ClN2O7. The Morgan fingerprint density at radius 1 is 0.943 bits per heavy atom. The molecule has 2 aromatic rings. The van der Waals surface area contributed by atoms with E-state index in [0.717, 1.165) is 0 Å². The summed E-state index contributed by atoms with van der Waals surface area (Å²) in [6, 6.07) is 12.3. The highest BCUT2D eigenvalue weighted by molar-refractivity contribution is 6.30. The van der Waals surface area contributed by atoms with Gasteiger partial charge in [0.05, 0.1) is 34.7 Å². The first-order valence-corrected chi connectivity index (χ1v) is 10.9. The van der Waals surface area contributed by atoms with Crippen LogP contribution >= 0.6 is 11.6 Å². The number of halogens is 1. The lowest BCUT2D eigenvalue weighted by molar-refractivity contribution is -0.139. The highest BCUT2D eigenvalue weighted by Gasteiger charge is 2.37. The van der Waals surface area contributed by atoms with Gasteiger partial charge >= 0.3 is 17.9 Å². The van der Waals surface area contributed by atoms with Gasteiger partial charge in [0.15, 0.2) is 0 Å². The topological polar surface area (TPSA) is 142 Å². The molecular weight excluding hydrogens is 476 g/mol. The van der Waals surface area contributed by atoms with Crippen molar-refractivity contribution in [1.29, 1.82) is 0 Å². The SMILES string of the molecule is CC1=C(C(=O)O)[C@@H](c2cccc(Cl)c2)C(C(=O)OCCNC(=O)c2ccccc2C(=O)O)=C(C)N1. The fourth-order valence-electron chi connectivity index (χ4n) is 3.92. The van der Waals surface area contributed by atoms with Crippen LogP contribution in [0.3, 0.4) is 0 Å². The number of nitrogens with one attached hydrogen (secondary N) is 2. The van der Waals surface area contributed by atoms with Gasteiger partial charge in [0.1, 0.15) is 6.61 Å². The molecule has 10 heteroatoms.